The standard InChI is InChI=1S/C19H31N5O2/c1-19(2)14(13-9-12-26-15(13)19)23(3)16-20-17(22-18(21-16)25-4)24-10-7-5-6-8-11-24/h13-15H,5-12H2,1-4H3/t13-,14-,15-/m1/s1. The van der Waals surface area contributed by atoms with E-state index >= 15 is 0 Å². The van der Waals surface area contributed by atoms with E-state index in [9.17, 15) is 0 Å². The molecular weight excluding hydrogens is 330 g/mol. The molecule has 3 fully saturated rings. The summed E-state index contributed by atoms with van der Waals surface area (Å²) in [6.07, 6.45) is 6.41. The maximum absolute atomic E-state index is 5.95. The first-order valence-electron chi connectivity index (χ1n) is 9.92. The van der Waals surface area contributed by atoms with Gasteiger partial charge in [0.05, 0.1) is 13.2 Å². The molecule has 1 saturated carbocycles. The molecule has 0 bridgehead atoms. The lowest BCUT2D eigenvalue weighted by Crippen LogP contribution is -2.66. The van der Waals surface area contributed by atoms with Crippen LogP contribution in [0.25, 0.3) is 0 Å². The molecule has 1 aromatic heterocycles. The summed E-state index contributed by atoms with van der Waals surface area (Å²) in [5.41, 5.74) is 0.0958. The summed E-state index contributed by atoms with van der Waals surface area (Å²) in [4.78, 5) is 18.4. The molecule has 2 saturated heterocycles. The van der Waals surface area contributed by atoms with Crippen molar-refractivity contribution in [3.63, 3.8) is 0 Å². The van der Waals surface area contributed by atoms with Gasteiger partial charge in [-0.25, -0.2) is 0 Å². The number of ether oxygens (including phenoxy) is 2. The van der Waals surface area contributed by atoms with Crippen molar-refractivity contribution in [3.8, 4) is 6.01 Å². The van der Waals surface area contributed by atoms with Crippen LogP contribution in [-0.2, 0) is 4.74 Å². The van der Waals surface area contributed by atoms with E-state index in [0.29, 0.717) is 30.0 Å². The molecule has 4 rings (SSSR count). The van der Waals surface area contributed by atoms with Gasteiger partial charge in [0.15, 0.2) is 0 Å². The Morgan fingerprint density at radius 3 is 2.54 bits per heavy atom. The van der Waals surface area contributed by atoms with Crippen LogP contribution in [0.3, 0.4) is 0 Å². The van der Waals surface area contributed by atoms with Gasteiger partial charge in [0, 0.05) is 44.1 Å². The number of anilines is 2. The summed E-state index contributed by atoms with van der Waals surface area (Å²) in [6, 6.07) is 0.775. The molecule has 2 aliphatic heterocycles. The van der Waals surface area contributed by atoms with Gasteiger partial charge in [0.1, 0.15) is 0 Å². The van der Waals surface area contributed by atoms with Crippen LogP contribution in [0.2, 0.25) is 0 Å². The zero-order valence-corrected chi connectivity index (χ0v) is 16.4. The smallest absolute Gasteiger partial charge is 0.322 e. The van der Waals surface area contributed by atoms with Crippen LogP contribution < -0.4 is 14.5 Å². The fourth-order valence-electron chi connectivity index (χ4n) is 5.20. The highest BCUT2D eigenvalue weighted by Crippen LogP contribution is 2.54. The number of fused-ring (bicyclic) bond motifs is 1. The fraction of sp³-hybridized carbons (Fsp3) is 0.842. The molecule has 0 unspecified atom stereocenters. The lowest BCUT2D eigenvalue weighted by molar-refractivity contribution is -0.101. The Bertz CT molecular complexity index is 645. The molecule has 0 aromatic carbocycles. The van der Waals surface area contributed by atoms with Crippen molar-refractivity contribution >= 4 is 11.9 Å². The maximum Gasteiger partial charge on any atom is 0.322 e. The molecule has 7 nitrogen and oxygen atoms in total. The fourth-order valence-corrected chi connectivity index (χ4v) is 5.20. The predicted molar refractivity (Wildman–Crippen MR) is 101 cm³/mol. The first-order valence-corrected chi connectivity index (χ1v) is 9.92. The third kappa shape index (κ3) is 2.90. The van der Waals surface area contributed by atoms with E-state index in [4.69, 9.17) is 14.5 Å². The van der Waals surface area contributed by atoms with Crippen LogP contribution in [0.5, 0.6) is 6.01 Å². The number of rotatable bonds is 4. The van der Waals surface area contributed by atoms with Crippen LogP contribution in [0.15, 0.2) is 0 Å². The van der Waals surface area contributed by atoms with E-state index in [1.54, 1.807) is 7.11 Å². The van der Waals surface area contributed by atoms with E-state index in [1.165, 1.54) is 25.7 Å². The van der Waals surface area contributed by atoms with Gasteiger partial charge in [-0.05, 0) is 19.3 Å². The molecule has 144 valence electrons. The van der Waals surface area contributed by atoms with Crippen molar-refractivity contribution in [1.29, 1.82) is 0 Å². The Morgan fingerprint density at radius 1 is 1.12 bits per heavy atom. The van der Waals surface area contributed by atoms with Crippen molar-refractivity contribution < 1.29 is 9.47 Å². The lowest BCUT2D eigenvalue weighted by Gasteiger charge is -2.57. The van der Waals surface area contributed by atoms with Crippen LogP contribution in [0.1, 0.15) is 46.0 Å². The maximum atomic E-state index is 5.95. The average Bonchev–Trinajstić information content (AvgIpc) is 2.90. The van der Waals surface area contributed by atoms with Gasteiger partial charge >= 0.3 is 6.01 Å². The number of nitrogens with zero attached hydrogens (tertiary/aromatic N) is 5. The summed E-state index contributed by atoms with van der Waals surface area (Å²) in [5, 5.41) is 0. The molecule has 0 spiro atoms. The highest BCUT2D eigenvalue weighted by atomic mass is 16.5. The monoisotopic (exact) mass is 361 g/mol. The van der Waals surface area contributed by atoms with Crippen molar-refractivity contribution in [1.82, 2.24) is 15.0 Å². The van der Waals surface area contributed by atoms with Crippen LogP contribution >= 0.6 is 0 Å². The second-order valence-electron chi connectivity index (χ2n) is 8.44. The summed E-state index contributed by atoms with van der Waals surface area (Å²) < 4.78 is 11.3. The summed E-state index contributed by atoms with van der Waals surface area (Å²) in [5.74, 6) is 2.01. The van der Waals surface area contributed by atoms with E-state index in [-0.39, 0.29) is 5.41 Å². The number of aromatic nitrogens is 3. The molecule has 0 radical (unpaired) electrons. The molecule has 0 N–H and O–H groups in total. The Hall–Kier alpha value is -1.63. The van der Waals surface area contributed by atoms with Gasteiger partial charge < -0.3 is 19.3 Å². The minimum atomic E-state index is 0.0958. The summed E-state index contributed by atoms with van der Waals surface area (Å²) in [6.45, 7) is 7.44. The number of hydrogen-bond donors (Lipinski definition) is 0. The van der Waals surface area contributed by atoms with Crippen LogP contribution in [-0.4, -0.2) is 61.0 Å². The average molecular weight is 361 g/mol. The van der Waals surface area contributed by atoms with E-state index < -0.39 is 0 Å². The molecule has 1 aromatic rings. The topological polar surface area (TPSA) is 63.6 Å². The predicted octanol–water partition coefficient (Wildman–Crippen LogP) is 2.51. The quantitative estimate of drug-likeness (QED) is 0.816. The van der Waals surface area contributed by atoms with Crippen molar-refractivity contribution in [2.45, 2.75) is 58.1 Å². The molecule has 1 aliphatic carbocycles. The highest BCUT2D eigenvalue weighted by Gasteiger charge is 2.61. The van der Waals surface area contributed by atoms with Crippen LogP contribution in [0.4, 0.5) is 11.9 Å². The van der Waals surface area contributed by atoms with Crippen molar-refractivity contribution in [2.24, 2.45) is 11.3 Å². The van der Waals surface area contributed by atoms with Gasteiger partial charge in [-0.1, -0.05) is 26.7 Å². The van der Waals surface area contributed by atoms with Gasteiger partial charge in [-0.15, -0.1) is 0 Å². The normalized spacial score (nSPS) is 30.3. The second kappa shape index (κ2) is 6.83. The Balaban J connectivity index is 1.62. The molecule has 3 aliphatic rings. The Morgan fingerprint density at radius 2 is 1.85 bits per heavy atom. The molecule has 3 atom stereocenters. The van der Waals surface area contributed by atoms with Crippen molar-refractivity contribution in [3.05, 3.63) is 0 Å². The molecule has 26 heavy (non-hydrogen) atoms. The highest BCUT2D eigenvalue weighted by molar-refractivity contribution is 5.43. The third-order valence-corrected chi connectivity index (χ3v) is 6.43. The van der Waals surface area contributed by atoms with Crippen molar-refractivity contribution in [2.75, 3.05) is 43.7 Å². The summed E-state index contributed by atoms with van der Waals surface area (Å²) >= 11 is 0. The first-order chi connectivity index (χ1) is 12.5. The van der Waals surface area contributed by atoms with Gasteiger partial charge in [0.2, 0.25) is 11.9 Å². The molecule has 0 amide bonds. The Kier molecular flexibility index (Phi) is 4.67. The SMILES string of the molecule is COc1nc(N2CCCCCC2)nc(N(C)[C@@H]2[C@H]3CCO[C@H]3C2(C)C)n1. The van der Waals surface area contributed by atoms with Gasteiger partial charge in [-0.2, -0.15) is 15.0 Å². The third-order valence-electron chi connectivity index (χ3n) is 6.43. The zero-order valence-electron chi connectivity index (χ0n) is 16.4. The largest absolute Gasteiger partial charge is 0.467 e. The Labute approximate surface area is 156 Å². The minimum absolute atomic E-state index is 0.0958. The molecule has 3 heterocycles. The van der Waals surface area contributed by atoms with Gasteiger partial charge in [-0.3, -0.25) is 0 Å². The molecular formula is C19H31N5O2. The van der Waals surface area contributed by atoms with Crippen LogP contribution in [0, 0.1) is 11.3 Å². The van der Waals surface area contributed by atoms with Gasteiger partial charge in [0.25, 0.3) is 0 Å². The van der Waals surface area contributed by atoms with E-state index in [2.05, 4.69) is 40.7 Å². The summed E-state index contributed by atoms with van der Waals surface area (Å²) in [7, 11) is 3.72. The zero-order chi connectivity index (χ0) is 18.3. The molecule has 7 heteroatoms. The van der Waals surface area contributed by atoms with E-state index in [0.717, 1.165) is 32.1 Å². The first kappa shape index (κ1) is 17.8. The lowest BCUT2D eigenvalue weighted by atomic mass is 9.57. The second-order valence-corrected chi connectivity index (χ2v) is 8.44. The number of hydrogen-bond acceptors (Lipinski definition) is 7. The number of methoxy groups -OCH3 is 1. The van der Waals surface area contributed by atoms with E-state index in [1.807, 2.05) is 0 Å². The minimum Gasteiger partial charge on any atom is -0.467 e.